The Balaban J connectivity index is 1.21. The number of nitrogens with two attached hydrogens (primary N) is 1. The maximum absolute atomic E-state index is 16.0. The number of hydrogen-bond donors (Lipinski definition) is 4. The molecule has 5 N–H and O–H groups in total. The number of nitrogens with zero attached hydrogens (tertiary/aromatic N) is 7. The molecule has 4 aromatic heterocycles. The van der Waals surface area contributed by atoms with Gasteiger partial charge in [0.25, 0.3) is 11.1 Å². The SMILES string of the molecule is Nc1nc2c(nnn2[C@@H]2OC3CC[C@H]4[C@H](F)[C@H](n5cnc6c(=O)[nH]cnc65)O[C@@H]4COP(O)(=S)O[C@@H]2[C@@H]3F)c(=O)[nH]1. The monoisotopic (exact) mass is 614 g/mol. The van der Waals surface area contributed by atoms with E-state index >= 15 is 8.78 Å². The van der Waals surface area contributed by atoms with Gasteiger partial charge in [-0.2, -0.15) is 9.67 Å². The fraction of sp³-hybridized carbons (Fsp3) is 0.550. The highest BCUT2D eigenvalue weighted by molar-refractivity contribution is 8.07. The lowest BCUT2D eigenvalue weighted by Crippen LogP contribution is -2.31. The molecule has 3 fully saturated rings. The smallest absolute Gasteiger partial charge is 0.325 e. The van der Waals surface area contributed by atoms with Crippen LogP contribution in [0.3, 0.4) is 0 Å². The van der Waals surface area contributed by atoms with Gasteiger partial charge in [0.05, 0.1) is 31.5 Å². The fourth-order valence-electron chi connectivity index (χ4n) is 5.52. The highest BCUT2D eigenvalue weighted by Gasteiger charge is 2.53. The van der Waals surface area contributed by atoms with Crippen molar-refractivity contribution in [2.24, 2.45) is 5.92 Å². The summed E-state index contributed by atoms with van der Waals surface area (Å²) in [4.78, 5) is 51.9. The fourth-order valence-corrected chi connectivity index (χ4v) is 6.92. The van der Waals surface area contributed by atoms with E-state index in [0.717, 1.165) is 11.0 Å². The van der Waals surface area contributed by atoms with Crippen LogP contribution < -0.4 is 16.9 Å². The van der Waals surface area contributed by atoms with Crippen LogP contribution >= 0.6 is 6.72 Å². The van der Waals surface area contributed by atoms with E-state index in [1.54, 1.807) is 0 Å². The molecule has 21 heteroatoms. The summed E-state index contributed by atoms with van der Waals surface area (Å²) < 4.78 is 57.1. The topological polar surface area (TPSA) is 223 Å². The van der Waals surface area contributed by atoms with Gasteiger partial charge < -0.3 is 29.6 Å². The van der Waals surface area contributed by atoms with E-state index < -0.39 is 66.9 Å². The van der Waals surface area contributed by atoms with E-state index in [9.17, 15) is 14.5 Å². The van der Waals surface area contributed by atoms with E-state index in [1.165, 1.54) is 10.9 Å². The molecule has 3 saturated heterocycles. The second-order valence-corrected chi connectivity index (χ2v) is 12.6. The highest BCUT2D eigenvalue weighted by atomic mass is 32.5. The van der Waals surface area contributed by atoms with Crippen LogP contribution in [0, 0.1) is 5.92 Å². The van der Waals surface area contributed by atoms with Crippen LogP contribution in [0.25, 0.3) is 22.3 Å². The normalized spacial score (nSPS) is 36.0. The third kappa shape index (κ3) is 4.37. The zero-order chi connectivity index (χ0) is 28.6. The van der Waals surface area contributed by atoms with Crippen molar-refractivity contribution in [1.82, 2.24) is 44.5 Å². The summed E-state index contributed by atoms with van der Waals surface area (Å²) >= 11 is 5.15. The van der Waals surface area contributed by atoms with Gasteiger partial charge in [-0.1, -0.05) is 5.21 Å². The van der Waals surface area contributed by atoms with Gasteiger partial charge in [-0.25, -0.2) is 18.7 Å². The number of nitrogen functional groups attached to an aromatic ring is 1. The van der Waals surface area contributed by atoms with E-state index in [-0.39, 0.29) is 47.7 Å². The Hall–Kier alpha value is -3.26. The lowest BCUT2D eigenvalue weighted by Gasteiger charge is -2.26. The van der Waals surface area contributed by atoms with Gasteiger partial charge in [0, 0.05) is 5.92 Å². The van der Waals surface area contributed by atoms with Crippen molar-refractivity contribution >= 4 is 46.8 Å². The number of anilines is 1. The molecule has 0 radical (unpaired) electrons. The second kappa shape index (κ2) is 9.65. The number of fused-ring (bicyclic) bond motifs is 5. The van der Waals surface area contributed by atoms with Gasteiger partial charge in [-0.05, 0) is 24.6 Å². The summed E-state index contributed by atoms with van der Waals surface area (Å²) in [6, 6.07) is 0. The Labute approximate surface area is 231 Å². The zero-order valence-electron chi connectivity index (χ0n) is 20.6. The number of H-pyrrole nitrogens is 2. The molecule has 0 aliphatic carbocycles. The van der Waals surface area contributed by atoms with Crippen molar-refractivity contribution in [2.75, 3.05) is 12.3 Å². The van der Waals surface area contributed by atoms with Crippen molar-refractivity contribution in [2.45, 2.75) is 56.0 Å². The standard InChI is InChI=1S/C20H21F2N10O7PS/c21-9-6-1-2-7-10(22)13(19(37-7)32-15-12(29-30-32)17(34)28-20(23)27-15)39-40(35,41)36-3-8(6)38-18(9)31-5-26-11-14(31)24-4-25-16(11)33/h4-10,13,18-19H,1-3H2,(H,35,41)(H,24,25,33)(H3,23,27,28,34)/t6-,7?,8-,9+,10-,13-,18-,19-,40?/m1/s1. The summed E-state index contributed by atoms with van der Waals surface area (Å²) in [5, 5.41) is 7.65. The minimum atomic E-state index is -4.16. The Kier molecular flexibility index (Phi) is 6.27. The number of nitrogens with one attached hydrogen (secondary N) is 2. The van der Waals surface area contributed by atoms with Gasteiger partial charge in [-0.15, -0.1) is 5.10 Å². The molecule has 7 heterocycles. The first-order valence-corrected chi connectivity index (χ1v) is 15.0. The average molecular weight is 614 g/mol. The number of hydrogen-bond acceptors (Lipinski definition) is 13. The summed E-state index contributed by atoms with van der Waals surface area (Å²) in [6.45, 7) is -4.53. The highest BCUT2D eigenvalue weighted by Crippen LogP contribution is 2.53. The van der Waals surface area contributed by atoms with E-state index in [0.29, 0.717) is 0 Å². The first kappa shape index (κ1) is 26.6. The van der Waals surface area contributed by atoms with Gasteiger partial charge in [0.15, 0.2) is 47.1 Å². The minimum Gasteiger partial charge on any atom is -0.369 e. The zero-order valence-corrected chi connectivity index (χ0v) is 22.3. The van der Waals surface area contributed by atoms with Gasteiger partial charge >= 0.3 is 6.72 Å². The molecule has 41 heavy (non-hydrogen) atoms. The molecule has 218 valence electrons. The molecule has 2 unspecified atom stereocenters. The first-order chi connectivity index (χ1) is 19.6. The maximum Gasteiger partial charge on any atom is 0.325 e. The number of halogens is 2. The van der Waals surface area contributed by atoms with Crippen molar-refractivity contribution in [1.29, 1.82) is 0 Å². The molecule has 0 spiro atoms. The molecule has 3 aliphatic heterocycles. The molecule has 0 aromatic carbocycles. The molecule has 4 aromatic rings. The predicted molar refractivity (Wildman–Crippen MR) is 136 cm³/mol. The molecule has 0 saturated carbocycles. The Bertz CT molecular complexity index is 1820. The summed E-state index contributed by atoms with van der Waals surface area (Å²) in [6.07, 6.45) is -7.24. The van der Waals surface area contributed by atoms with E-state index in [4.69, 9.17) is 36.1 Å². The number of rotatable bonds is 2. The van der Waals surface area contributed by atoms with Crippen LogP contribution in [0.15, 0.2) is 22.2 Å². The molecule has 3 aliphatic rings. The maximum atomic E-state index is 16.0. The lowest BCUT2D eigenvalue weighted by atomic mass is 9.91. The van der Waals surface area contributed by atoms with E-state index in [2.05, 4.69) is 35.2 Å². The number of aromatic nitrogens is 9. The van der Waals surface area contributed by atoms with Crippen molar-refractivity contribution in [3.8, 4) is 0 Å². The predicted octanol–water partition coefficient (Wildman–Crippen LogP) is -0.270. The van der Waals surface area contributed by atoms with Crippen molar-refractivity contribution < 1.29 is 32.2 Å². The quantitative estimate of drug-likeness (QED) is 0.213. The molecule has 0 amide bonds. The van der Waals surface area contributed by atoms with Crippen LogP contribution in [0.1, 0.15) is 25.3 Å². The van der Waals surface area contributed by atoms with Crippen molar-refractivity contribution in [3.63, 3.8) is 0 Å². The largest absolute Gasteiger partial charge is 0.369 e. The number of ether oxygens (including phenoxy) is 2. The third-order valence-corrected chi connectivity index (χ3v) is 8.97. The van der Waals surface area contributed by atoms with Crippen LogP contribution in [-0.4, -0.2) is 86.6 Å². The van der Waals surface area contributed by atoms with Gasteiger partial charge in [0.1, 0.15) is 6.10 Å². The van der Waals surface area contributed by atoms with Crippen LogP contribution in [0.2, 0.25) is 0 Å². The number of imidazole rings is 1. The Morgan fingerprint density at radius 2 is 1.88 bits per heavy atom. The van der Waals surface area contributed by atoms with Gasteiger partial charge in [0.2, 0.25) is 5.95 Å². The third-order valence-electron chi connectivity index (χ3n) is 7.41. The number of alkyl halides is 2. The molecular weight excluding hydrogens is 593 g/mol. The molecule has 7 rings (SSSR count). The average Bonchev–Trinajstić information content (AvgIpc) is 3.67. The number of aromatic amines is 2. The first-order valence-electron chi connectivity index (χ1n) is 12.4. The summed E-state index contributed by atoms with van der Waals surface area (Å²) in [7, 11) is 0. The Morgan fingerprint density at radius 3 is 2.71 bits per heavy atom. The summed E-state index contributed by atoms with van der Waals surface area (Å²) in [5.41, 5.74) is 4.32. The molecule has 17 nitrogen and oxygen atoms in total. The lowest BCUT2D eigenvalue weighted by molar-refractivity contribution is -0.0568. The van der Waals surface area contributed by atoms with Gasteiger partial charge in [-0.3, -0.25) is 23.7 Å². The van der Waals surface area contributed by atoms with Crippen molar-refractivity contribution in [3.05, 3.63) is 33.4 Å². The van der Waals surface area contributed by atoms with Crippen LogP contribution in [0.5, 0.6) is 0 Å². The van der Waals surface area contributed by atoms with E-state index in [1.807, 2.05) is 0 Å². The Morgan fingerprint density at radius 1 is 1.07 bits per heavy atom. The molecule has 2 bridgehead atoms. The summed E-state index contributed by atoms with van der Waals surface area (Å²) in [5.74, 6) is -1.09. The second-order valence-electron chi connectivity index (χ2n) is 9.81. The molecular formula is C20H21F2N10O7PS. The minimum absolute atomic E-state index is 0.00351. The molecule has 9 atom stereocenters. The van der Waals surface area contributed by atoms with Crippen LogP contribution in [-0.2, 0) is 30.3 Å². The van der Waals surface area contributed by atoms with Crippen LogP contribution in [0.4, 0.5) is 14.7 Å².